The van der Waals surface area contributed by atoms with Crippen LogP contribution < -0.4 is 15.8 Å². The summed E-state index contributed by atoms with van der Waals surface area (Å²) in [5, 5.41) is 3.25. The van der Waals surface area contributed by atoms with Crippen LogP contribution in [0.5, 0.6) is 0 Å². The van der Waals surface area contributed by atoms with E-state index >= 15 is 0 Å². The number of urea groups is 1. The molecule has 1 atom stereocenters. The molecular weight excluding hydrogens is 396 g/mol. The van der Waals surface area contributed by atoms with Gasteiger partial charge in [-0.05, 0) is 31.0 Å². The number of benzene rings is 1. The van der Waals surface area contributed by atoms with Gasteiger partial charge in [-0.1, -0.05) is 0 Å². The number of alkyl halides is 2. The highest BCUT2D eigenvalue weighted by molar-refractivity contribution is 5.81. The zero-order chi connectivity index (χ0) is 21.1. The highest BCUT2D eigenvalue weighted by atomic mass is 19.3. The second-order valence-corrected chi connectivity index (χ2v) is 7.59. The van der Waals surface area contributed by atoms with Gasteiger partial charge in [-0.25, -0.2) is 18.6 Å². The number of hydrogen-bond acceptors (Lipinski definition) is 5. The summed E-state index contributed by atoms with van der Waals surface area (Å²) in [4.78, 5) is 32.8. The molecule has 2 aromatic rings. The summed E-state index contributed by atoms with van der Waals surface area (Å²) in [7, 11) is 0. The molecule has 1 aromatic carbocycles. The van der Waals surface area contributed by atoms with Gasteiger partial charge in [0.05, 0.1) is 29.9 Å². The molecule has 2 saturated heterocycles. The van der Waals surface area contributed by atoms with E-state index < -0.39 is 18.5 Å². The molecule has 10 heteroatoms. The molecule has 2 amide bonds. The lowest BCUT2D eigenvalue weighted by molar-refractivity contribution is 0.108. The van der Waals surface area contributed by atoms with Crippen molar-refractivity contribution in [2.45, 2.75) is 31.9 Å². The molecule has 30 heavy (non-hydrogen) atoms. The summed E-state index contributed by atoms with van der Waals surface area (Å²) in [6, 6.07) is 5.13. The van der Waals surface area contributed by atoms with Gasteiger partial charge in [-0.2, -0.15) is 0 Å². The minimum atomic E-state index is -2.61. The largest absolute Gasteiger partial charge is 0.376 e. The SMILES string of the molecule is O=C(NCC1CCCO1)N1CCN(c2ccc3c(=O)n(CC(F)F)cnc3c2)CC1. The molecule has 0 saturated carbocycles. The van der Waals surface area contributed by atoms with Gasteiger partial charge in [-0.15, -0.1) is 0 Å². The Kier molecular flexibility index (Phi) is 6.12. The fourth-order valence-electron chi connectivity index (χ4n) is 3.91. The van der Waals surface area contributed by atoms with E-state index in [2.05, 4.69) is 15.2 Å². The van der Waals surface area contributed by atoms with E-state index in [1.165, 1.54) is 0 Å². The van der Waals surface area contributed by atoms with Crippen LogP contribution in [0.1, 0.15) is 12.8 Å². The first-order valence-electron chi connectivity index (χ1n) is 10.2. The Labute approximate surface area is 172 Å². The van der Waals surface area contributed by atoms with Gasteiger partial charge in [0.1, 0.15) is 0 Å². The fraction of sp³-hybridized carbons (Fsp3) is 0.550. The smallest absolute Gasteiger partial charge is 0.317 e. The number of nitrogens with zero attached hydrogens (tertiary/aromatic N) is 4. The third-order valence-corrected chi connectivity index (χ3v) is 5.58. The first kappa shape index (κ1) is 20.5. The summed E-state index contributed by atoms with van der Waals surface area (Å²) >= 11 is 0. The number of halogens is 2. The molecule has 1 unspecified atom stereocenters. The van der Waals surface area contributed by atoms with Crippen molar-refractivity contribution in [2.24, 2.45) is 0 Å². The Morgan fingerprint density at radius 2 is 2.07 bits per heavy atom. The van der Waals surface area contributed by atoms with Crippen molar-refractivity contribution >= 4 is 22.6 Å². The van der Waals surface area contributed by atoms with Gasteiger partial charge in [-0.3, -0.25) is 9.36 Å². The standard InChI is InChI=1S/C20H25F2N5O3/c21-18(22)12-27-13-24-17-10-14(3-4-16(17)19(27)28)25-5-7-26(8-6-25)20(29)23-11-15-2-1-9-30-15/h3-4,10,13,15,18H,1-2,5-9,11-12H2,(H,23,29). The second kappa shape index (κ2) is 8.95. The maximum atomic E-state index is 12.6. The lowest BCUT2D eigenvalue weighted by Crippen LogP contribution is -2.52. The van der Waals surface area contributed by atoms with Crippen molar-refractivity contribution in [3.05, 3.63) is 34.9 Å². The summed E-state index contributed by atoms with van der Waals surface area (Å²) in [6.07, 6.45) is 0.694. The maximum absolute atomic E-state index is 12.6. The Morgan fingerprint density at radius 1 is 1.27 bits per heavy atom. The van der Waals surface area contributed by atoms with E-state index in [0.717, 1.165) is 36.0 Å². The minimum absolute atomic E-state index is 0.0788. The average molecular weight is 421 g/mol. The van der Waals surface area contributed by atoms with E-state index in [9.17, 15) is 18.4 Å². The zero-order valence-electron chi connectivity index (χ0n) is 16.6. The molecular formula is C20H25F2N5O3. The Balaban J connectivity index is 1.37. The van der Waals surface area contributed by atoms with Gasteiger partial charge in [0.15, 0.2) is 0 Å². The molecule has 2 aliphatic heterocycles. The molecule has 0 spiro atoms. The highest BCUT2D eigenvalue weighted by Crippen LogP contribution is 2.20. The first-order valence-corrected chi connectivity index (χ1v) is 10.2. The van der Waals surface area contributed by atoms with Crippen molar-refractivity contribution < 1.29 is 18.3 Å². The first-order chi connectivity index (χ1) is 14.5. The monoisotopic (exact) mass is 421 g/mol. The number of hydrogen-bond donors (Lipinski definition) is 1. The van der Waals surface area contributed by atoms with Crippen molar-refractivity contribution in [1.82, 2.24) is 19.8 Å². The number of rotatable bonds is 5. The number of carbonyl (C=O) groups is 1. The summed E-state index contributed by atoms with van der Waals surface area (Å²) < 4.78 is 31.6. The van der Waals surface area contributed by atoms with Gasteiger partial charge < -0.3 is 19.9 Å². The van der Waals surface area contributed by atoms with Gasteiger partial charge in [0, 0.05) is 45.0 Å². The number of nitrogens with one attached hydrogen (secondary N) is 1. The molecule has 1 aromatic heterocycles. The Hall–Kier alpha value is -2.75. The summed E-state index contributed by atoms with van der Waals surface area (Å²) in [5.74, 6) is 0. The third kappa shape index (κ3) is 4.53. The van der Waals surface area contributed by atoms with Crippen LogP contribution in [0.4, 0.5) is 19.3 Å². The molecule has 8 nitrogen and oxygen atoms in total. The molecule has 2 fully saturated rings. The van der Waals surface area contributed by atoms with Gasteiger partial charge >= 0.3 is 6.03 Å². The number of fused-ring (bicyclic) bond motifs is 1. The number of anilines is 1. The number of aromatic nitrogens is 2. The van der Waals surface area contributed by atoms with E-state index in [-0.39, 0.29) is 12.1 Å². The molecule has 4 rings (SSSR count). The van der Waals surface area contributed by atoms with E-state index in [4.69, 9.17) is 4.74 Å². The van der Waals surface area contributed by atoms with Crippen LogP contribution in [0.25, 0.3) is 10.9 Å². The number of ether oxygens (including phenoxy) is 1. The molecule has 2 aliphatic rings. The van der Waals surface area contributed by atoms with Crippen LogP contribution >= 0.6 is 0 Å². The van der Waals surface area contributed by atoms with Crippen LogP contribution in [-0.4, -0.2) is 72.3 Å². The summed E-state index contributed by atoms with van der Waals surface area (Å²) in [5.41, 5.74) is 0.889. The lowest BCUT2D eigenvalue weighted by Gasteiger charge is -2.36. The molecule has 0 radical (unpaired) electrons. The van der Waals surface area contributed by atoms with Crippen LogP contribution in [0.3, 0.4) is 0 Å². The molecule has 162 valence electrons. The van der Waals surface area contributed by atoms with Crippen LogP contribution in [0.2, 0.25) is 0 Å². The predicted molar refractivity (Wildman–Crippen MR) is 108 cm³/mol. The van der Waals surface area contributed by atoms with Crippen LogP contribution in [0, 0.1) is 0 Å². The Morgan fingerprint density at radius 3 is 2.77 bits per heavy atom. The van der Waals surface area contributed by atoms with Gasteiger partial charge in [0.25, 0.3) is 12.0 Å². The second-order valence-electron chi connectivity index (χ2n) is 7.59. The average Bonchev–Trinajstić information content (AvgIpc) is 3.27. The minimum Gasteiger partial charge on any atom is -0.376 e. The van der Waals surface area contributed by atoms with Crippen LogP contribution in [-0.2, 0) is 11.3 Å². The highest BCUT2D eigenvalue weighted by Gasteiger charge is 2.23. The molecule has 0 aliphatic carbocycles. The third-order valence-electron chi connectivity index (χ3n) is 5.58. The topological polar surface area (TPSA) is 79.7 Å². The van der Waals surface area contributed by atoms with Crippen molar-refractivity contribution in [2.75, 3.05) is 44.2 Å². The number of piperazine rings is 1. The van der Waals surface area contributed by atoms with E-state index in [1.807, 2.05) is 0 Å². The molecule has 1 N–H and O–H groups in total. The maximum Gasteiger partial charge on any atom is 0.317 e. The quantitative estimate of drug-likeness (QED) is 0.795. The summed E-state index contributed by atoms with van der Waals surface area (Å²) in [6.45, 7) is 3.11. The van der Waals surface area contributed by atoms with E-state index in [1.54, 1.807) is 23.1 Å². The van der Waals surface area contributed by atoms with Gasteiger partial charge in [0.2, 0.25) is 0 Å². The zero-order valence-corrected chi connectivity index (χ0v) is 16.6. The van der Waals surface area contributed by atoms with Crippen LogP contribution in [0.15, 0.2) is 29.3 Å². The lowest BCUT2D eigenvalue weighted by atomic mass is 10.2. The number of amides is 2. The normalized spacial score (nSPS) is 19.6. The van der Waals surface area contributed by atoms with Crippen molar-refractivity contribution in [3.63, 3.8) is 0 Å². The van der Waals surface area contributed by atoms with Crippen molar-refractivity contribution in [3.8, 4) is 0 Å². The van der Waals surface area contributed by atoms with Crippen molar-refractivity contribution in [1.29, 1.82) is 0 Å². The Bertz CT molecular complexity index is 953. The fourth-order valence-corrected chi connectivity index (χ4v) is 3.91. The number of carbonyl (C=O) groups excluding carboxylic acids is 1. The predicted octanol–water partition coefficient (Wildman–Crippen LogP) is 1.67. The molecule has 0 bridgehead atoms. The van der Waals surface area contributed by atoms with E-state index in [0.29, 0.717) is 43.6 Å². The molecule has 3 heterocycles.